The molecule has 4 heteroatoms. The van der Waals surface area contributed by atoms with Crippen molar-refractivity contribution in [1.82, 2.24) is 4.90 Å². The van der Waals surface area contributed by atoms with Crippen molar-refractivity contribution in [2.24, 2.45) is 0 Å². The highest BCUT2D eigenvalue weighted by Crippen LogP contribution is 2.08. The molecular formula is C5H9NO3. The van der Waals surface area contributed by atoms with E-state index in [2.05, 4.69) is 0 Å². The van der Waals surface area contributed by atoms with E-state index in [4.69, 9.17) is 10.2 Å². The number of aliphatic carboxylic acids is 1. The average Bonchev–Trinajstić information content (AvgIpc) is 1.60. The number of carbonyl (C=O) groups is 1. The van der Waals surface area contributed by atoms with Crippen LogP contribution in [0.15, 0.2) is 0 Å². The van der Waals surface area contributed by atoms with E-state index in [1.165, 1.54) is 4.90 Å². The van der Waals surface area contributed by atoms with Crippen LogP contribution in [0, 0.1) is 0 Å². The predicted molar refractivity (Wildman–Crippen MR) is 29.8 cm³/mol. The van der Waals surface area contributed by atoms with Gasteiger partial charge in [0.1, 0.15) is 0 Å². The van der Waals surface area contributed by atoms with Gasteiger partial charge in [0, 0.05) is 13.1 Å². The zero-order valence-corrected chi connectivity index (χ0v) is 4.95. The number of aliphatic hydroxyl groups excluding tert-OH is 1. The molecule has 1 saturated heterocycles. The summed E-state index contributed by atoms with van der Waals surface area (Å²) in [5.41, 5.74) is 0. The molecular weight excluding hydrogens is 122 g/mol. The molecule has 0 aromatic rings. The molecule has 0 spiro atoms. The van der Waals surface area contributed by atoms with Crippen molar-refractivity contribution in [3.63, 3.8) is 0 Å². The Kier molecular flexibility index (Phi) is 1.68. The molecule has 52 valence electrons. The minimum atomic E-state index is -1.28. The second-order valence-electron chi connectivity index (χ2n) is 2.10. The number of hydrogen-bond donors (Lipinski definition) is 2. The van der Waals surface area contributed by atoms with Gasteiger partial charge in [-0.1, -0.05) is 0 Å². The van der Waals surface area contributed by atoms with Crippen LogP contribution in [0.5, 0.6) is 0 Å². The van der Waals surface area contributed by atoms with Gasteiger partial charge in [0.2, 0.25) is 6.23 Å². The minimum Gasteiger partial charge on any atom is -0.478 e. The monoisotopic (exact) mass is 131 g/mol. The zero-order chi connectivity index (χ0) is 6.85. The van der Waals surface area contributed by atoms with Gasteiger partial charge in [-0.25, -0.2) is 4.79 Å². The Balaban J connectivity index is 2.32. The van der Waals surface area contributed by atoms with Crippen LogP contribution < -0.4 is 0 Å². The minimum absolute atomic E-state index is 0.702. The van der Waals surface area contributed by atoms with Crippen LogP contribution in [0.3, 0.4) is 0 Å². The predicted octanol–water partition coefficient (Wildman–Crippen LogP) is -0.905. The van der Waals surface area contributed by atoms with E-state index in [-0.39, 0.29) is 0 Å². The van der Waals surface area contributed by atoms with Gasteiger partial charge in [0.25, 0.3) is 0 Å². The maximum absolute atomic E-state index is 10.0. The maximum Gasteiger partial charge on any atom is 0.348 e. The van der Waals surface area contributed by atoms with Crippen LogP contribution in [0.2, 0.25) is 0 Å². The summed E-state index contributed by atoms with van der Waals surface area (Å²) in [5.74, 6) is -1.16. The van der Waals surface area contributed by atoms with Crippen molar-refractivity contribution in [2.45, 2.75) is 12.6 Å². The lowest BCUT2D eigenvalue weighted by Crippen LogP contribution is -2.48. The Morgan fingerprint density at radius 3 is 2.22 bits per heavy atom. The van der Waals surface area contributed by atoms with Crippen LogP contribution in [0.1, 0.15) is 6.42 Å². The molecule has 0 aliphatic carbocycles. The Labute approximate surface area is 52.7 Å². The SMILES string of the molecule is O=C(O)C(O)N1CCC1. The summed E-state index contributed by atoms with van der Waals surface area (Å²) >= 11 is 0. The average molecular weight is 131 g/mol. The van der Waals surface area contributed by atoms with Gasteiger partial charge in [-0.15, -0.1) is 0 Å². The molecule has 1 unspecified atom stereocenters. The highest BCUT2D eigenvalue weighted by Gasteiger charge is 2.26. The maximum atomic E-state index is 10.0. The molecule has 0 bridgehead atoms. The number of hydrogen-bond acceptors (Lipinski definition) is 3. The molecule has 1 heterocycles. The van der Waals surface area contributed by atoms with E-state index in [1.54, 1.807) is 0 Å². The van der Waals surface area contributed by atoms with E-state index in [1.807, 2.05) is 0 Å². The molecule has 4 nitrogen and oxygen atoms in total. The van der Waals surface area contributed by atoms with E-state index in [9.17, 15) is 4.79 Å². The van der Waals surface area contributed by atoms with Gasteiger partial charge in [-0.2, -0.15) is 0 Å². The lowest BCUT2D eigenvalue weighted by atomic mass is 10.2. The fraction of sp³-hybridized carbons (Fsp3) is 0.800. The highest BCUT2D eigenvalue weighted by molar-refractivity contribution is 5.71. The molecule has 1 aliphatic rings. The Morgan fingerprint density at radius 1 is 1.56 bits per heavy atom. The zero-order valence-electron chi connectivity index (χ0n) is 4.95. The van der Waals surface area contributed by atoms with Crippen LogP contribution in [-0.2, 0) is 4.79 Å². The molecule has 0 radical (unpaired) electrons. The molecule has 2 N–H and O–H groups in total. The third-order valence-electron chi connectivity index (χ3n) is 1.46. The Hall–Kier alpha value is -0.610. The van der Waals surface area contributed by atoms with Crippen LogP contribution >= 0.6 is 0 Å². The smallest absolute Gasteiger partial charge is 0.348 e. The highest BCUT2D eigenvalue weighted by atomic mass is 16.4. The second-order valence-corrected chi connectivity index (χ2v) is 2.10. The molecule has 9 heavy (non-hydrogen) atoms. The van der Waals surface area contributed by atoms with Gasteiger partial charge < -0.3 is 10.2 Å². The Bertz CT molecular complexity index is 121. The summed E-state index contributed by atoms with van der Waals surface area (Å²) in [4.78, 5) is 11.5. The molecule has 0 aromatic heterocycles. The number of likely N-dealkylation sites (tertiary alicyclic amines) is 1. The van der Waals surface area contributed by atoms with Crippen molar-refractivity contribution in [3.8, 4) is 0 Å². The summed E-state index contributed by atoms with van der Waals surface area (Å²) in [6.07, 6.45) is -0.289. The van der Waals surface area contributed by atoms with Gasteiger partial charge in [0.15, 0.2) is 0 Å². The summed E-state index contributed by atoms with van der Waals surface area (Å²) < 4.78 is 0. The van der Waals surface area contributed by atoms with Crippen molar-refractivity contribution >= 4 is 5.97 Å². The topological polar surface area (TPSA) is 60.8 Å². The standard InChI is InChI=1S/C5H9NO3/c7-4(5(8)9)6-2-1-3-6/h4,7H,1-3H2,(H,8,9). The van der Waals surface area contributed by atoms with Crippen LogP contribution in [0.4, 0.5) is 0 Å². The van der Waals surface area contributed by atoms with E-state index in [0.717, 1.165) is 6.42 Å². The van der Waals surface area contributed by atoms with Crippen molar-refractivity contribution in [1.29, 1.82) is 0 Å². The van der Waals surface area contributed by atoms with Gasteiger partial charge in [-0.3, -0.25) is 4.90 Å². The molecule has 0 saturated carbocycles. The van der Waals surface area contributed by atoms with Crippen LogP contribution in [-0.4, -0.2) is 40.4 Å². The number of carboxylic acids is 1. The fourth-order valence-corrected chi connectivity index (χ4v) is 0.741. The first-order valence-electron chi connectivity index (χ1n) is 2.87. The lowest BCUT2D eigenvalue weighted by molar-refractivity contribution is -0.161. The molecule has 0 amide bonds. The third kappa shape index (κ3) is 1.20. The molecule has 1 atom stereocenters. The normalized spacial score (nSPS) is 22.8. The largest absolute Gasteiger partial charge is 0.478 e. The first kappa shape index (κ1) is 6.51. The molecule has 1 rings (SSSR count). The van der Waals surface area contributed by atoms with Crippen molar-refractivity contribution < 1.29 is 15.0 Å². The summed E-state index contributed by atoms with van der Waals surface area (Å²) in [5, 5.41) is 17.0. The lowest BCUT2D eigenvalue weighted by Gasteiger charge is -2.32. The first-order chi connectivity index (χ1) is 4.22. The number of nitrogens with zero attached hydrogens (tertiary/aromatic N) is 1. The van der Waals surface area contributed by atoms with Crippen LogP contribution in [0.25, 0.3) is 0 Å². The number of aliphatic hydroxyl groups is 1. The number of rotatable bonds is 2. The molecule has 1 fully saturated rings. The molecule has 0 aromatic carbocycles. The van der Waals surface area contributed by atoms with E-state index in [0.29, 0.717) is 13.1 Å². The van der Waals surface area contributed by atoms with E-state index < -0.39 is 12.2 Å². The van der Waals surface area contributed by atoms with E-state index >= 15 is 0 Å². The molecule has 1 aliphatic heterocycles. The summed E-state index contributed by atoms with van der Waals surface area (Å²) in [6.45, 7) is 1.40. The second kappa shape index (κ2) is 2.33. The Morgan fingerprint density at radius 2 is 2.11 bits per heavy atom. The van der Waals surface area contributed by atoms with Crippen molar-refractivity contribution in [2.75, 3.05) is 13.1 Å². The van der Waals surface area contributed by atoms with Crippen molar-refractivity contribution in [3.05, 3.63) is 0 Å². The summed E-state index contributed by atoms with van der Waals surface area (Å²) in [7, 11) is 0. The fourth-order valence-electron chi connectivity index (χ4n) is 0.741. The van der Waals surface area contributed by atoms with Gasteiger partial charge in [0.05, 0.1) is 0 Å². The van der Waals surface area contributed by atoms with Gasteiger partial charge in [-0.05, 0) is 6.42 Å². The van der Waals surface area contributed by atoms with Gasteiger partial charge >= 0.3 is 5.97 Å². The quantitative estimate of drug-likeness (QED) is 0.509. The summed E-state index contributed by atoms with van der Waals surface area (Å²) in [6, 6.07) is 0. The first-order valence-corrected chi connectivity index (χ1v) is 2.87. The third-order valence-corrected chi connectivity index (χ3v) is 1.46. The number of carboxylic acid groups (broad SMARTS) is 1.